The van der Waals surface area contributed by atoms with Crippen LogP contribution in [0.25, 0.3) is 10.9 Å². The molecule has 0 saturated heterocycles. The van der Waals surface area contributed by atoms with Crippen LogP contribution in [0, 0.1) is 17.0 Å². The van der Waals surface area contributed by atoms with Gasteiger partial charge in [0.2, 0.25) is 0 Å². The van der Waals surface area contributed by atoms with Gasteiger partial charge in [-0.3, -0.25) is 10.1 Å². The molecule has 0 aliphatic heterocycles. The van der Waals surface area contributed by atoms with E-state index >= 15 is 0 Å². The summed E-state index contributed by atoms with van der Waals surface area (Å²) in [6, 6.07) is 8.66. The SMILES string of the molecule is COc1ccc2c(C)cn(S(=O)(=O)c3ccc(OC)c([N+](=O)[O-])c3)c2c1. The van der Waals surface area contributed by atoms with Gasteiger partial charge in [-0.1, -0.05) is 0 Å². The van der Waals surface area contributed by atoms with Gasteiger partial charge in [0.25, 0.3) is 10.0 Å². The first-order valence-electron chi connectivity index (χ1n) is 7.53. The maximum atomic E-state index is 13.1. The molecule has 3 rings (SSSR count). The van der Waals surface area contributed by atoms with E-state index in [0.29, 0.717) is 11.3 Å². The van der Waals surface area contributed by atoms with E-state index in [1.165, 1.54) is 32.5 Å². The van der Waals surface area contributed by atoms with Crippen molar-refractivity contribution >= 4 is 26.6 Å². The lowest BCUT2D eigenvalue weighted by atomic mass is 10.2. The Balaban J connectivity index is 2.25. The molecule has 0 aliphatic carbocycles. The predicted octanol–water partition coefficient (Wildman–Crippen LogP) is 3.11. The summed E-state index contributed by atoms with van der Waals surface area (Å²) in [6.07, 6.45) is 1.48. The summed E-state index contributed by atoms with van der Waals surface area (Å²) in [5.74, 6) is 0.497. The Labute approximate surface area is 149 Å². The number of rotatable bonds is 5. The molecule has 0 saturated carbocycles. The number of aromatic nitrogens is 1. The van der Waals surface area contributed by atoms with Crippen LogP contribution >= 0.6 is 0 Å². The first-order chi connectivity index (χ1) is 12.3. The number of ether oxygens (including phenoxy) is 2. The zero-order valence-electron chi connectivity index (χ0n) is 14.3. The van der Waals surface area contributed by atoms with Gasteiger partial charge in [-0.25, -0.2) is 12.4 Å². The van der Waals surface area contributed by atoms with Gasteiger partial charge in [0.05, 0.1) is 29.6 Å². The van der Waals surface area contributed by atoms with Crippen molar-refractivity contribution in [2.45, 2.75) is 11.8 Å². The highest BCUT2D eigenvalue weighted by Crippen LogP contribution is 2.33. The summed E-state index contributed by atoms with van der Waals surface area (Å²) < 4.78 is 37.4. The first kappa shape index (κ1) is 17.7. The molecule has 8 nitrogen and oxygen atoms in total. The van der Waals surface area contributed by atoms with E-state index in [2.05, 4.69) is 0 Å². The average Bonchev–Trinajstić information content (AvgIpc) is 2.97. The normalized spacial score (nSPS) is 11.5. The highest BCUT2D eigenvalue weighted by Gasteiger charge is 2.25. The quantitative estimate of drug-likeness (QED) is 0.501. The largest absolute Gasteiger partial charge is 0.497 e. The molecular formula is C17H16N2O6S. The van der Waals surface area contributed by atoms with Crippen LogP contribution in [-0.2, 0) is 10.0 Å². The Morgan fingerprint density at radius 1 is 1.08 bits per heavy atom. The molecule has 2 aromatic carbocycles. The number of fused-ring (bicyclic) bond motifs is 1. The number of hydrogen-bond acceptors (Lipinski definition) is 6. The van der Waals surface area contributed by atoms with Gasteiger partial charge in [0, 0.05) is 23.7 Å². The highest BCUT2D eigenvalue weighted by molar-refractivity contribution is 7.90. The average molecular weight is 376 g/mol. The van der Waals surface area contributed by atoms with Crippen LogP contribution in [0.2, 0.25) is 0 Å². The van der Waals surface area contributed by atoms with Crippen molar-refractivity contribution in [3.63, 3.8) is 0 Å². The van der Waals surface area contributed by atoms with Crippen molar-refractivity contribution in [3.8, 4) is 11.5 Å². The topological polar surface area (TPSA) is 101 Å². The fourth-order valence-electron chi connectivity index (χ4n) is 2.75. The molecule has 3 aromatic rings. The molecule has 1 heterocycles. The molecule has 0 atom stereocenters. The van der Waals surface area contributed by atoms with Crippen LogP contribution in [-0.4, -0.2) is 31.5 Å². The van der Waals surface area contributed by atoms with Gasteiger partial charge in [0.15, 0.2) is 5.75 Å². The summed E-state index contributed by atoms with van der Waals surface area (Å²) in [7, 11) is -1.28. The van der Waals surface area contributed by atoms with Crippen LogP contribution in [0.1, 0.15) is 5.56 Å². The third kappa shape index (κ3) is 2.76. The van der Waals surface area contributed by atoms with Crippen molar-refractivity contribution in [3.05, 3.63) is 58.3 Å². The standard InChI is InChI=1S/C17H16N2O6S/c1-11-10-18(15-8-12(24-2)4-6-14(11)15)26(22,23)13-5-7-17(25-3)16(9-13)19(20)21/h4-10H,1-3H3. The van der Waals surface area contributed by atoms with Crippen molar-refractivity contribution in [2.75, 3.05) is 14.2 Å². The van der Waals surface area contributed by atoms with Crippen molar-refractivity contribution < 1.29 is 22.8 Å². The molecule has 0 aliphatic rings. The Hall–Kier alpha value is -3.07. The maximum absolute atomic E-state index is 13.1. The molecule has 136 valence electrons. The second-order valence-corrected chi connectivity index (χ2v) is 7.40. The summed E-state index contributed by atoms with van der Waals surface area (Å²) in [4.78, 5) is 10.3. The van der Waals surface area contributed by atoms with Crippen LogP contribution in [0.15, 0.2) is 47.5 Å². The first-order valence-corrected chi connectivity index (χ1v) is 8.97. The van der Waals surface area contributed by atoms with E-state index in [1.807, 2.05) is 0 Å². The summed E-state index contributed by atoms with van der Waals surface area (Å²) in [6.45, 7) is 1.79. The third-order valence-electron chi connectivity index (χ3n) is 4.08. The molecular weight excluding hydrogens is 360 g/mol. The second kappa shape index (κ2) is 6.34. The monoisotopic (exact) mass is 376 g/mol. The zero-order chi connectivity index (χ0) is 19.1. The molecule has 0 bridgehead atoms. The number of nitrogens with zero attached hydrogens (tertiary/aromatic N) is 2. The minimum atomic E-state index is -4.05. The van der Waals surface area contributed by atoms with Gasteiger partial charge < -0.3 is 9.47 Å². The lowest BCUT2D eigenvalue weighted by Gasteiger charge is -2.09. The molecule has 0 N–H and O–H groups in total. The molecule has 0 radical (unpaired) electrons. The van der Waals surface area contributed by atoms with Crippen molar-refractivity contribution in [2.24, 2.45) is 0 Å². The smallest absolute Gasteiger partial charge is 0.312 e. The Bertz CT molecular complexity index is 1120. The van der Waals surface area contributed by atoms with Gasteiger partial charge >= 0.3 is 5.69 Å². The van der Waals surface area contributed by atoms with Gasteiger partial charge in [-0.05, 0) is 36.8 Å². The van der Waals surface area contributed by atoms with Gasteiger partial charge in [-0.2, -0.15) is 0 Å². The minimum Gasteiger partial charge on any atom is -0.497 e. The Kier molecular flexibility index (Phi) is 4.33. The third-order valence-corrected chi connectivity index (χ3v) is 5.75. The van der Waals surface area contributed by atoms with Crippen LogP contribution in [0.5, 0.6) is 11.5 Å². The minimum absolute atomic E-state index is 0.0100. The van der Waals surface area contributed by atoms with Gasteiger partial charge in [-0.15, -0.1) is 0 Å². The zero-order valence-corrected chi connectivity index (χ0v) is 15.1. The van der Waals surface area contributed by atoms with Gasteiger partial charge in [0.1, 0.15) is 5.75 Å². The molecule has 0 fully saturated rings. The molecule has 1 aromatic heterocycles. The second-order valence-electron chi connectivity index (χ2n) is 5.59. The number of aryl methyl sites for hydroxylation is 1. The fraction of sp³-hybridized carbons (Fsp3) is 0.176. The summed E-state index contributed by atoms with van der Waals surface area (Å²) in [5, 5.41) is 12.0. The van der Waals surface area contributed by atoms with E-state index in [9.17, 15) is 18.5 Å². The lowest BCUT2D eigenvalue weighted by Crippen LogP contribution is -2.12. The van der Waals surface area contributed by atoms with E-state index in [0.717, 1.165) is 21.0 Å². The van der Waals surface area contributed by atoms with Crippen molar-refractivity contribution in [1.29, 1.82) is 0 Å². The van der Waals surface area contributed by atoms with E-state index < -0.39 is 20.6 Å². The molecule has 9 heteroatoms. The van der Waals surface area contributed by atoms with Crippen LogP contribution in [0.4, 0.5) is 5.69 Å². The number of benzene rings is 2. The number of methoxy groups -OCH3 is 2. The van der Waals surface area contributed by atoms with Crippen molar-refractivity contribution in [1.82, 2.24) is 3.97 Å². The summed E-state index contributed by atoms with van der Waals surface area (Å²) >= 11 is 0. The molecule has 26 heavy (non-hydrogen) atoms. The summed E-state index contributed by atoms with van der Waals surface area (Å²) in [5.41, 5.74) is 0.772. The Morgan fingerprint density at radius 3 is 2.42 bits per heavy atom. The Morgan fingerprint density at radius 2 is 1.81 bits per heavy atom. The fourth-order valence-corrected chi connectivity index (χ4v) is 4.19. The van der Waals surface area contributed by atoms with E-state index in [-0.39, 0.29) is 10.6 Å². The number of nitro benzene ring substituents is 1. The number of nitro groups is 1. The van der Waals surface area contributed by atoms with E-state index in [1.54, 1.807) is 25.1 Å². The predicted molar refractivity (Wildman–Crippen MR) is 95.5 cm³/mol. The van der Waals surface area contributed by atoms with Crippen LogP contribution in [0.3, 0.4) is 0 Å². The maximum Gasteiger partial charge on any atom is 0.312 e. The van der Waals surface area contributed by atoms with Crippen LogP contribution < -0.4 is 9.47 Å². The van der Waals surface area contributed by atoms with E-state index in [4.69, 9.17) is 9.47 Å². The molecule has 0 unspecified atom stereocenters. The molecule has 0 spiro atoms. The number of hydrogen-bond donors (Lipinski definition) is 0. The molecule has 0 amide bonds. The lowest BCUT2D eigenvalue weighted by molar-refractivity contribution is -0.386. The highest BCUT2D eigenvalue weighted by atomic mass is 32.2.